The van der Waals surface area contributed by atoms with Crippen LogP contribution in [0.15, 0.2) is 35.2 Å². The van der Waals surface area contributed by atoms with Gasteiger partial charge in [0.2, 0.25) is 0 Å². The lowest BCUT2D eigenvalue weighted by molar-refractivity contribution is 0.246. The molecule has 0 N–H and O–H groups in total. The first-order valence-corrected chi connectivity index (χ1v) is 8.07. The minimum Gasteiger partial charge on any atom is -0.378 e. The quantitative estimate of drug-likeness (QED) is 0.857. The molecule has 0 spiro atoms. The number of aromatic nitrogens is 1. The van der Waals surface area contributed by atoms with Gasteiger partial charge in [0.15, 0.2) is 0 Å². The lowest BCUT2D eigenvalue weighted by atomic mass is 10.0. The summed E-state index contributed by atoms with van der Waals surface area (Å²) in [5.41, 5.74) is 5.84. The van der Waals surface area contributed by atoms with Crippen LogP contribution in [0, 0.1) is 0 Å². The number of rotatable bonds is 4. The number of benzene rings is 1. The Bertz CT molecular complexity index is 551. The van der Waals surface area contributed by atoms with E-state index in [-0.39, 0.29) is 0 Å². The standard InChI is InChI=1S/C16H21N3S/c1-18(2)15-6-3-5-13(9-15)16-7-4-8-19(16)10-14-11-20-12-17-14/h3,5-6,9,11-12,16H,4,7-8,10H2,1-2H3. The third kappa shape index (κ3) is 2.86. The van der Waals surface area contributed by atoms with E-state index in [0.717, 1.165) is 6.54 Å². The van der Waals surface area contributed by atoms with Crippen LogP contribution in [0.25, 0.3) is 0 Å². The lowest BCUT2D eigenvalue weighted by Gasteiger charge is -2.25. The van der Waals surface area contributed by atoms with Crippen LogP contribution in [0.1, 0.15) is 30.1 Å². The predicted molar refractivity (Wildman–Crippen MR) is 85.3 cm³/mol. The Labute approximate surface area is 124 Å². The summed E-state index contributed by atoms with van der Waals surface area (Å²) in [7, 11) is 4.20. The molecule has 2 aromatic rings. The maximum absolute atomic E-state index is 4.42. The van der Waals surface area contributed by atoms with Crippen LogP contribution in [0.4, 0.5) is 5.69 Å². The van der Waals surface area contributed by atoms with Crippen molar-refractivity contribution in [1.82, 2.24) is 9.88 Å². The summed E-state index contributed by atoms with van der Waals surface area (Å²) in [6.45, 7) is 2.15. The van der Waals surface area contributed by atoms with Crippen LogP contribution in [0.2, 0.25) is 0 Å². The Balaban J connectivity index is 1.79. The third-order valence-corrected chi connectivity index (χ3v) is 4.62. The maximum atomic E-state index is 4.42. The highest BCUT2D eigenvalue weighted by Gasteiger charge is 2.26. The van der Waals surface area contributed by atoms with Crippen molar-refractivity contribution in [3.63, 3.8) is 0 Å². The van der Waals surface area contributed by atoms with Crippen LogP contribution < -0.4 is 4.90 Å². The predicted octanol–water partition coefficient (Wildman–Crippen LogP) is 3.55. The zero-order valence-corrected chi connectivity index (χ0v) is 12.9. The molecular formula is C16H21N3S. The smallest absolute Gasteiger partial charge is 0.0795 e. The molecule has 0 radical (unpaired) electrons. The molecule has 1 fully saturated rings. The molecule has 1 aliphatic rings. The molecule has 1 aliphatic heterocycles. The van der Waals surface area contributed by atoms with E-state index in [1.807, 2.05) is 5.51 Å². The van der Waals surface area contributed by atoms with Crippen LogP contribution in [-0.4, -0.2) is 30.5 Å². The molecule has 106 valence electrons. The highest BCUT2D eigenvalue weighted by molar-refractivity contribution is 7.07. The van der Waals surface area contributed by atoms with E-state index in [0.29, 0.717) is 6.04 Å². The second-order valence-electron chi connectivity index (χ2n) is 5.60. The van der Waals surface area contributed by atoms with E-state index < -0.39 is 0 Å². The van der Waals surface area contributed by atoms with Crippen molar-refractivity contribution in [2.45, 2.75) is 25.4 Å². The maximum Gasteiger partial charge on any atom is 0.0795 e. The molecule has 0 aliphatic carbocycles. The molecule has 20 heavy (non-hydrogen) atoms. The highest BCUT2D eigenvalue weighted by Crippen LogP contribution is 2.34. The summed E-state index contributed by atoms with van der Waals surface area (Å²) in [5.74, 6) is 0. The second kappa shape index (κ2) is 5.94. The SMILES string of the molecule is CN(C)c1cccc(C2CCCN2Cc2cscn2)c1. The van der Waals surface area contributed by atoms with Crippen molar-refractivity contribution in [1.29, 1.82) is 0 Å². The summed E-state index contributed by atoms with van der Waals surface area (Å²) in [4.78, 5) is 9.15. The topological polar surface area (TPSA) is 19.4 Å². The summed E-state index contributed by atoms with van der Waals surface area (Å²) < 4.78 is 0. The molecule has 0 amide bonds. The first kappa shape index (κ1) is 13.6. The van der Waals surface area contributed by atoms with Gasteiger partial charge < -0.3 is 4.90 Å². The zero-order valence-electron chi connectivity index (χ0n) is 12.1. The van der Waals surface area contributed by atoms with Crippen molar-refractivity contribution >= 4 is 17.0 Å². The summed E-state index contributed by atoms with van der Waals surface area (Å²) >= 11 is 1.68. The first-order valence-electron chi connectivity index (χ1n) is 7.12. The monoisotopic (exact) mass is 287 g/mol. The van der Waals surface area contributed by atoms with E-state index in [1.54, 1.807) is 11.3 Å². The second-order valence-corrected chi connectivity index (χ2v) is 6.32. The van der Waals surface area contributed by atoms with Crippen molar-refractivity contribution in [2.24, 2.45) is 0 Å². The first-order chi connectivity index (χ1) is 9.74. The molecular weight excluding hydrogens is 266 g/mol. The van der Waals surface area contributed by atoms with Gasteiger partial charge in [0.05, 0.1) is 11.2 Å². The Kier molecular flexibility index (Phi) is 4.03. The number of nitrogens with zero attached hydrogens (tertiary/aromatic N) is 3. The van der Waals surface area contributed by atoms with Crippen molar-refractivity contribution in [3.05, 3.63) is 46.4 Å². The molecule has 1 saturated heterocycles. The molecule has 3 nitrogen and oxygen atoms in total. The van der Waals surface area contributed by atoms with Gasteiger partial charge in [-0.3, -0.25) is 4.90 Å². The van der Waals surface area contributed by atoms with Gasteiger partial charge in [0.25, 0.3) is 0 Å². The summed E-state index contributed by atoms with van der Waals surface area (Å²) in [6.07, 6.45) is 2.53. The molecule has 1 atom stereocenters. The average Bonchev–Trinajstić information content (AvgIpc) is 3.11. The van der Waals surface area contributed by atoms with Gasteiger partial charge in [-0.25, -0.2) is 4.98 Å². The molecule has 1 aromatic heterocycles. The van der Waals surface area contributed by atoms with Gasteiger partial charge in [-0.15, -0.1) is 11.3 Å². The number of thiazole rings is 1. The van der Waals surface area contributed by atoms with E-state index in [4.69, 9.17) is 0 Å². The Morgan fingerprint density at radius 2 is 2.30 bits per heavy atom. The largest absolute Gasteiger partial charge is 0.378 e. The normalized spacial score (nSPS) is 19.4. The number of likely N-dealkylation sites (tertiary alicyclic amines) is 1. The molecule has 1 unspecified atom stereocenters. The molecule has 4 heteroatoms. The van der Waals surface area contributed by atoms with Gasteiger partial charge in [-0.2, -0.15) is 0 Å². The molecule has 0 saturated carbocycles. The van der Waals surface area contributed by atoms with Gasteiger partial charge in [0.1, 0.15) is 0 Å². The van der Waals surface area contributed by atoms with E-state index >= 15 is 0 Å². The fourth-order valence-corrected chi connectivity index (χ4v) is 3.48. The lowest BCUT2D eigenvalue weighted by Crippen LogP contribution is -2.23. The molecule has 1 aromatic carbocycles. The van der Waals surface area contributed by atoms with Crippen molar-refractivity contribution in [3.8, 4) is 0 Å². The van der Waals surface area contributed by atoms with Gasteiger partial charge in [-0.1, -0.05) is 12.1 Å². The fourth-order valence-electron chi connectivity index (χ4n) is 2.93. The number of hydrogen-bond acceptors (Lipinski definition) is 4. The molecule has 2 heterocycles. The van der Waals surface area contributed by atoms with E-state index in [1.165, 1.54) is 36.3 Å². The van der Waals surface area contributed by atoms with E-state index in [2.05, 4.69) is 58.5 Å². The minimum absolute atomic E-state index is 0.539. The Morgan fingerprint density at radius 1 is 1.40 bits per heavy atom. The van der Waals surface area contributed by atoms with Gasteiger partial charge in [0, 0.05) is 37.7 Å². The van der Waals surface area contributed by atoms with Crippen molar-refractivity contribution < 1.29 is 0 Å². The molecule has 3 rings (SSSR count). The average molecular weight is 287 g/mol. The van der Waals surface area contributed by atoms with Crippen LogP contribution in [0.3, 0.4) is 0 Å². The Hall–Kier alpha value is -1.39. The summed E-state index contributed by atoms with van der Waals surface area (Å²) in [6, 6.07) is 9.46. The van der Waals surface area contributed by atoms with Crippen LogP contribution in [0.5, 0.6) is 0 Å². The zero-order chi connectivity index (χ0) is 13.9. The highest BCUT2D eigenvalue weighted by atomic mass is 32.1. The molecule has 0 bridgehead atoms. The van der Waals surface area contributed by atoms with Crippen molar-refractivity contribution in [2.75, 3.05) is 25.5 Å². The van der Waals surface area contributed by atoms with Gasteiger partial charge >= 0.3 is 0 Å². The van der Waals surface area contributed by atoms with Crippen LogP contribution >= 0.6 is 11.3 Å². The van der Waals surface area contributed by atoms with Crippen LogP contribution in [-0.2, 0) is 6.54 Å². The number of anilines is 1. The number of hydrogen-bond donors (Lipinski definition) is 0. The summed E-state index contributed by atoms with van der Waals surface area (Å²) in [5, 5.41) is 2.16. The fraction of sp³-hybridized carbons (Fsp3) is 0.438. The Morgan fingerprint density at radius 3 is 3.05 bits per heavy atom. The minimum atomic E-state index is 0.539. The third-order valence-electron chi connectivity index (χ3n) is 3.98. The van der Waals surface area contributed by atoms with Gasteiger partial charge in [-0.05, 0) is 37.1 Å². The van der Waals surface area contributed by atoms with E-state index in [9.17, 15) is 0 Å².